The first-order valence-corrected chi connectivity index (χ1v) is 13.6. The van der Waals surface area contributed by atoms with Crippen LogP contribution in [0.1, 0.15) is 29.7 Å². The number of aromatic amines is 1. The fourth-order valence-electron chi connectivity index (χ4n) is 4.46. The van der Waals surface area contributed by atoms with Crippen molar-refractivity contribution in [2.75, 3.05) is 45.3 Å². The molecule has 0 unspecified atom stereocenters. The van der Waals surface area contributed by atoms with Gasteiger partial charge in [-0.05, 0) is 66.8 Å². The van der Waals surface area contributed by atoms with Gasteiger partial charge in [0.1, 0.15) is 5.75 Å². The van der Waals surface area contributed by atoms with Crippen molar-refractivity contribution in [2.24, 2.45) is 5.92 Å². The number of nitrogens with one attached hydrogen (secondary N) is 2. The molecule has 6 rings (SSSR count). The molecular weight excluding hydrogens is 488 g/mol. The van der Waals surface area contributed by atoms with E-state index in [0.717, 1.165) is 80.1 Å². The zero-order valence-electron chi connectivity index (χ0n) is 22.4. The van der Waals surface area contributed by atoms with Crippen molar-refractivity contribution in [3.63, 3.8) is 0 Å². The Bertz CT molecular complexity index is 1370. The van der Waals surface area contributed by atoms with Gasteiger partial charge in [0.15, 0.2) is 0 Å². The van der Waals surface area contributed by atoms with E-state index in [4.69, 9.17) is 9.47 Å². The second-order valence-corrected chi connectivity index (χ2v) is 9.93. The number of amides is 1. The summed E-state index contributed by atoms with van der Waals surface area (Å²) in [5, 5.41) is 11.5. The molecule has 0 radical (unpaired) electrons. The zero-order chi connectivity index (χ0) is 26.9. The highest BCUT2D eigenvalue weighted by atomic mass is 16.5. The lowest BCUT2D eigenvalue weighted by molar-refractivity contribution is -0.117. The second-order valence-electron chi connectivity index (χ2n) is 9.93. The van der Waals surface area contributed by atoms with Gasteiger partial charge >= 0.3 is 0 Å². The van der Waals surface area contributed by atoms with Gasteiger partial charge < -0.3 is 14.8 Å². The third-order valence-corrected chi connectivity index (χ3v) is 7.04. The molecule has 1 aromatic heterocycles. The molecule has 0 spiro atoms. The van der Waals surface area contributed by atoms with E-state index in [1.54, 1.807) is 7.11 Å². The zero-order valence-corrected chi connectivity index (χ0v) is 22.4. The minimum absolute atomic E-state index is 0.134. The number of carbonyl (C=O) groups is 1. The summed E-state index contributed by atoms with van der Waals surface area (Å²) in [6.45, 7) is 4.95. The van der Waals surface area contributed by atoms with Crippen LogP contribution >= 0.6 is 0 Å². The number of hydrogen-bond donors (Lipinski definition) is 2. The smallest absolute Gasteiger partial charge is 0.227 e. The van der Waals surface area contributed by atoms with Crippen LogP contribution in [0.25, 0.3) is 23.1 Å². The van der Waals surface area contributed by atoms with Crippen LogP contribution in [0.2, 0.25) is 0 Å². The van der Waals surface area contributed by atoms with Gasteiger partial charge in [0.2, 0.25) is 5.91 Å². The Morgan fingerprint density at radius 1 is 1.03 bits per heavy atom. The molecule has 4 aromatic rings. The molecule has 7 nitrogen and oxygen atoms in total. The number of para-hydroxylation sites is 1. The second kappa shape index (κ2) is 13.2. The van der Waals surface area contributed by atoms with E-state index in [2.05, 4.69) is 62.9 Å². The van der Waals surface area contributed by atoms with Crippen LogP contribution in [-0.2, 0) is 16.0 Å². The molecule has 2 aliphatic rings. The molecule has 3 aromatic carbocycles. The van der Waals surface area contributed by atoms with E-state index in [9.17, 15) is 4.79 Å². The van der Waals surface area contributed by atoms with Crippen LogP contribution < -0.4 is 10.1 Å². The highest BCUT2D eigenvalue weighted by molar-refractivity contribution is 5.94. The van der Waals surface area contributed by atoms with E-state index in [1.807, 2.05) is 42.5 Å². The first-order valence-electron chi connectivity index (χ1n) is 13.6. The first-order chi connectivity index (χ1) is 19.2. The number of anilines is 1. The highest BCUT2D eigenvalue weighted by Gasteiger charge is 2.29. The molecule has 2 N–H and O–H groups in total. The van der Waals surface area contributed by atoms with Gasteiger partial charge in [-0.1, -0.05) is 48.5 Å². The largest absolute Gasteiger partial charge is 0.497 e. The summed E-state index contributed by atoms with van der Waals surface area (Å²) in [7, 11) is 1.62. The highest BCUT2D eigenvalue weighted by Crippen LogP contribution is 2.30. The maximum Gasteiger partial charge on any atom is 0.227 e. The van der Waals surface area contributed by atoms with Crippen LogP contribution in [0.3, 0.4) is 0 Å². The summed E-state index contributed by atoms with van der Waals surface area (Å²) in [5.41, 5.74) is 5.46. The summed E-state index contributed by atoms with van der Waals surface area (Å²) < 4.78 is 10.4. The summed E-state index contributed by atoms with van der Waals surface area (Å²) in [4.78, 5) is 13.9. The SMILES string of the molecule is C(=C\c1n[nH]c2ccccc12)/c1ccc(CCN2CCOCC2)cc1.COc1ccc(NC(=O)C2CC2)cc1. The fourth-order valence-corrected chi connectivity index (χ4v) is 4.46. The van der Waals surface area contributed by atoms with E-state index in [-0.39, 0.29) is 11.8 Å². The number of carbonyl (C=O) groups excluding carboxylic acids is 1. The van der Waals surface area contributed by atoms with Gasteiger partial charge in [0.25, 0.3) is 0 Å². The molecule has 1 aliphatic heterocycles. The number of H-pyrrole nitrogens is 1. The van der Waals surface area contributed by atoms with Crippen molar-refractivity contribution < 1.29 is 14.3 Å². The van der Waals surface area contributed by atoms with Crippen molar-refractivity contribution in [3.8, 4) is 5.75 Å². The van der Waals surface area contributed by atoms with Crippen molar-refractivity contribution in [1.29, 1.82) is 0 Å². The van der Waals surface area contributed by atoms with E-state index in [1.165, 1.54) is 11.1 Å². The maximum absolute atomic E-state index is 11.4. The maximum atomic E-state index is 11.4. The monoisotopic (exact) mass is 524 g/mol. The Morgan fingerprint density at radius 2 is 1.77 bits per heavy atom. The molecular formula is C32H36N4O3. The Morgan fingerprint density at radius 3 is 2.49 bits per heavy atom. The van der Waals surface area contributed by atoms with Crippen molar-refractivity contribution in [1.82, 2.24) is 15.1 Å². The number of benzene rings is 3. The third kappa shape index (κ3) is 7.78. The Labute approximate surface area is 229 Å². The lowest BCUT2D eigenvalue weighted by Crippen LogP contribution is -2.37. The van der Waals surface area contributed by atoms with Crippen LogP contribution in [0.4, 0.5) is 5.69 Å². The van der Waals surface area contributed by atoms with Gasteiger partial charge in [-0.3, -0.25) is 14.8 Å². The summed E-state index contributed by atoms with van der Waals surface area (Å²) in [6, 6.07) is 24.4. The molecule has 1 saturated carbocycles. The standard InChI is InChI=1S/C21H23N3O.C11H13NO2/c1-2-4-20-19(3-1)21(23-22-20)10-9-17-5-7-18(8-6-17)11-12-24-13-15-25-16-14-24;1-14-10-6-4-9(5-7-10)12-11(13)8-2-3-8/h1-10H,11-16H2,(H,22,23);4-8H,2-3H2,1H3,(H,12,13)/b10-9+;. The third-order valence-electron chi connectivity index (χ3n) is 7.04. The molecule has 39 heavy (non-hydrogen) atoms. The average Bonchev–Trinajstić information content (AvgIpc) is 3.77. The van der Waals surface area contributed by atoms with Crippen molar-refractivity contribution in [2.45, 2.75) is 19.3 Å². The first kappa shape index (κ1) is 26.7. The number of rotatable bonds is 8. The summed E-state index contributed by atoms with van der Waals surface area (Å²) in [5.74, 6) is 1.18. The lowest BCUT2D eigenvalue weighted by Gasteiger charge is -2.26. The molecule has 0 atom stereocenters. The van der Waals surface area contributed by atoms with Crippen molar-refractivity contribution >= 4 is 34.6 Å². The van der Waals surface area contributed by atoms with Crippen molar-refractivity contribution in [3.05, 3.63) is 89.6 Å². The Hall–Kier alpha value is -3.94. The molecule has 1 aliphatic carbocycles. The average molecular weight is 525 g/mol. The number of methoxy groups -OCH3 is 1. The molecule has 7 heteroatoms. The Balaban J connectivity index is 0.000000186. The quantitative estimate of drug-likeness (QED) is 0.311. The fraction of sp³-hybridized carbons (Fsp3) is 0.312. The molecule has 202 valence electrons. The predicted octanol–water partition coefficient (Wildman–Crippen LogP) is 5.65. The molecule has 1 amide bonds. The minimum Gasteiger partial charge on any atom is -0.497 e. The van der Waals surface area contributed by atoms with Crippen LogP contribution in [0, 0.1) is 5.92 Å². The van der Waals surface area contributed by atoms with Crippen LogP contribution in [-0.4, -0.2) is 61.0 Å². The van der Waals surface area contributed by atoms with Gasteiger partial charge in [-0.15, -0.1) is 0 Å². The number of morpholine rings is 1. The van der Waals surface area contributed by atoms with Gasteiger partial charge in [-0.25, -0.2) is 0 Å². The molecule has 0 bridgehead atoms. The van der Waals surface area contributed by atoms with Crippen LogP contribution in [0.15, 0.2) is 72.8 Å². The number of nitrogens with zero attached hydrogens (tertiary/aromatic N) is 2. The molecule has 1 saturated heterocycles. The minimum atomic E-state index is 0.134. The lowest BCUT2D eigenvalue weighted by atomic mass is 10.1. The number of aromatic nitrogens is 2. The van der Waals surface area contributed by atoms with E-state index >= 15 is 0 Å². The number of hydrogen-bond acceptors (Lipinski definition) is 5. The topological polar surface area (TPSA) is 79.5 Å². The number of ether oxygens (including phenoxy) is 2. The van der Waals surface area contributed by atoms with Crippen LogP contribution in [0.5, 0.6) is 5.75 Å². The Kier molecular flexibility index (Phi) is 9.04. The number of fused-ring (bicyclic) bond motifs is 1. The van der Waals surface area contributed by atoms with E-state index in [0.29, 0.717) is 0 Å². The summed E-state index contributed by atoms with van der Waals surface area (Å²) in [6.07, 6.45) is 7.34. The normalized spacial score (nSPS) is 15.6. The van der Waals surface area contributed by atoms with Gasteiger partial charge in [0.05, 0.1) is 31.5 Å². The molecule has 2 heterocycles. The van der Waals surface area contributed by atoms with E-state index < -0.39 is 0 Å². The predicted molar refractivity (Wildman–Crippen MR) is 157 cm³/mol. The molecule has 2 fully saturated rings. The van der Waals surface area contributed by atoms with Gasteiger partial charge in [0, 0.05) is 36.6 Å². The van der Waals surface area contributed by atoms with Gasteiger partial charge in [-0.2, -0.15) is 5.10 Å². The summed E-state index contributed by atoms with van der Waals surface area (Å²) >= 11 is 0.